The van der Waals surface area contributed by atoms with Gasteiger partial charge in [-0.1, -0.05) is 30.3 Å². The maximum absolute atomic E-state index is 10.9. The smallest absolute Gasteiger partial charge is 0.311 e. The summed E-state index contributed by atoms with van der Waals surface area (Å²) in [4.78, 5) is 14.6. The van der Waals surface area contributed by atoms with E-state index >= 15 is 0 Å². The minimum atomic E-state index is -0.459. The highest BCUT2D eigenvalue weighted by atomic mass is 16.6. The van der Waals surface area contributed by atoms with Crippen molar-refractivity contribution in [3.8, 4) is 16.9 Å². The van der Waals surface area contributed by atoms with Crippen LogP contribution in [0.5, 0.6) is 5.75 Å². The Morgan fingerprint density at radius 3 is 2.56 bits per heavy atom. The second-order valence-corrected chi connectivity index (χ2v) is 5.44. The predicted octanol–water partition coefficient (Wildman–Crippen LogP) is 4.28. The largest absolute Gasteiger partial charge is 0.490 e. The van der Waals surface area contributed by atoms with Crippen molar-refractivity contribution in [2.45, 2.75) is 6.54 Å². The Labute approximate surface area is 145 Å². The lowest BCUT2D eigenvalue weighted by Crippen LogP contribution is -2.01. The number of pyridine rings is 1. The zero-order valence-corrected chi connectivity index (χ0v) is 13.7. The summed E-state index contributed by atoms with van der Waals surface area (Å²) in [5, 5.41) is 14.2. The van der Waals surface area contributed by atoms with Gasteiger partial charge in [-0.05, 0) is 28.8 Å². The zero-order valence-electron chi connectivity index (χ0n) is 13.7. The first kappa shape index (κ1) is 16.4. The Kier molecular flexibility index (Phi) is 4.89. The van der Waals surface area contributed by atoms with Crippen molar-refractivity contribution in [2.24, 2.45) is 0 Å². The molecular formula is C19H17N3O3. The van der Waals surface area contributed by atoms with E-state index in [9.17, 15) is 10.1 Å². The summed E-state index contributed by atoms with van der Waals surface area (Å²) in [6.07, 6.45) is 3.58. The number of hydrogen-bond acceptors (Lipinski definition) is 5. The van der Waals surface area contributed by atoms with Crippen molar-refractivity contribution in [1.29, 1.82) is 0 Å². The van der Waals surface area contributed by atoms with Crippen molar-refractivity contribution >= 4 is 11.4 Å². The van der Waals surface area contributed by atoms with Gasteiger partial charge in [0.05, 0.1) is 12.0 Å². The molecule has 6 nitrogen and oxygen atoms in total. The lowest BCUT2D eigenvalue weighted by Gasteiger charge is -2.09. The van der Waals surface area contributed by atoms with Gasteiger partial charge >= 0.3 is 5.69 Å². The molecule has 3 rings (SSSR count). The Morgan fingerprint density at radius 1 is 1.12 bits per heavy atom. The maximum atomic E-state index is 10.9. The fourth-order valence-electron chi connectivity index (χ4n) is 2.49. The number of anilines is 1. The summed E-state index contributed by atoms with van der Waals surface area (Å²) >= 11 is 0. The molecule has 1 aromatic heterocycles. The third-order valence-corrected chi connectivity index (χ3v) is 3.82. The topological polar surface area (TPSA) is 77.3 Å². The second kappa shape index (κ2) is 7.44. The van der Waals surface area contributed by atoms with E-state index in [-0.39, 0.29) is 11.4 Å². The number of nitrogens with zero attached hydrogens (tertiary/aromatic N) is 2. The lowest BCUT2D eigenvalue weighted by molar-refractivity contribution is -0.385. The summed E-state index contributed by atoms with van der Waals surface area (Å²) in [5.41, 5.74) is 3.99. The van der Waals surface area contributed by atoms with E-state index in [4.69, 9.17) is 4.74 Å². The monoisotopic (exact) mass is 335 g/mol. The first-order valence-electron chi connectivity index (χ1n) is 7.73. The molecule has 1 N–H and O–H groups in total. The minimum Gasteiger partial charge on any atom is -0.490 e. The quantitative estimate of drug-likeness (QED) is 0.537. The highest BCUT2D eigenvalue weighted by Gasteiger charge is 2.14. The van der Waals surface area contributed by atoms with Gasteiger partial charge in [0.2, 0.25) is 0 Å². The summed E-state index contributed by atoms with van der Waals surface area (Å²) in [6.45, 7) is 0.605. The number of nitro benzene ring substituents is 1. The molecule has 0 unspecified atom stereocenters. The van der Waals surface area contributed by atoms with Gasteiger partial charge in [0.15, 0.2) is 5.75 Å². The highest BCUT2D eigenvalue weighted by molar-refractivity contribution is 5.62. The minimum absolute atomic E-state index is 0.0473. The van der Waals surface area contributed by atoms with Crippen LogP contribution in [0.3, 0.4) is 0 Å². The van der Waals surface area contributed by atoms with E-state index in [1.165, 1.54) is 13.2 Å². The number of ether oxygens (including phenoxy) is 1. The molecule has 0 saturated heterocycles. The molecule has 0 amide bonds. The average molecular weight is 335 g/mol. The lowest BCUT2D eigenvalue weighted by atomic mass is 10.1. The molecule has 3 aromatic rings. The molecule has 0 spiro atoms. The molecule has 0 radical (unpaired) electrons. The Morgan fingerprint density at radius 2 is 1.92 bits per heavy atom. The summed E-state index contributed by atoms with van der Waals surface area (Å²) in [5.74, 6) is 0.238. The van der Waals surface area contributed by atoms with Crippen LogP contribution in [0.2, 0.25) is 0 Å². The van der Waals surface area contributed by atoms with E-state index in [0.29, 0.717) is 6.54 Å². The SMILES string of the molecule is COc1cc(NCc2ccc(-c3cccnc3)cc2)ccc1[N+](=O)[O-]. The van der Waals surface area contributed by atoms with Crippen LogP contribution < -0.4 is 10.1 Å². The Hall–Kier alpha value is -3.41. The predicted molar refractivity (Wildman–Crippen MR) is 96.6 cm³/mol. The number of benzene rings is 2. The number of rotatable bonds is 6. The van der Waals surface area contributed by atoms with Crippen LogP contribution in [0.15, 0.2) is 67.0 Å². The second-order valence-electron chi connectivity index (χ2n) is 5.44. The fourth-order valence-corrected chi connectivity index (χ4v) is 2.49. The molecule has 0 aliphatic rings. The first-order valence-corrected chi connectivity index (χ1v) is 7.73. The number of nitrogens with one attached hydrogen (secondary N) is 1. The van der Waals surface area contributed by atoms with Gasteiger partial charge in [-0.15, -0.1) is 0 Å². The van der Waals surface area contributed by atoms with Crippen LogP contribution in [0, 0.1) is 10.1 Å². The zero-order chi connectivity index (χ0) is 17.6. The van der Waals surface area contributed by atoms with Crippen molar-refractivity contribution in [3.05, 3.63) is 82.7 Å². The van der Waals surface area contributed by atoms with Crippen LogP contribution >= 0.6 is 0 Å². The van der Waals surface area contributed by atoms with Gasteiger partial charge in [-0.2, -0.15) is 0 Å². The van der Waals surface area contributed by atoms with Gasteiger partial charge in [-0.25, -0.2) is 0 Å². The summed E-state index contributed by atoms with van der Waals surface area (Å²) < 4.78 is 5.08. The van der Waals surface area contributed by atoms with E-state index in [2.05, 4.69) is 10.3 Å². The van der Waals surface area contributed by atoms with Gasteiger partial charge in [0, 0.05) is 36.8 Å². The molecule has 1 heterocycles. The van der Waals surface area contributed by atoms with E-state index in [1.807, 2.05) is 42.6 Å². The summed E-state index contributed by atoms with van der Waals surface area (Å²) in [7, 11) is 1.42. The van der Waals surface area contributed by atoms with Crippen molar-refractivity contribution in [2.75, 3.05) is 12.4 Å². The van der Waals surface area contributed by atoms with Crippen molar-refractivity contribution in [1.82, 2.24) is 4.98 Å². The van der Waals surface area contributed by atoms with E-state index < -0.39 is 4.92 Å². The summed E-state index contributed by atoms with van der Waals surface area (Å²) in [6, 6.07) is 16.8. The molecule has 25 heavy (non-hydrogen) atoms. The van der Waals surface area contributed by atoms with Crippen molar-refractivity contribution in [3.63, 3.8) is 0 Å². The molecule has 0 aliphatic heterocycles. The fraction of sp³-hybridized carbons (Fsp3) is 0.105. The van der Waals surface area contributed by atoms with Crippen LogP contribution in [-0.4, -0.2) is 17.0 Å². The molecule has 0 fully saturated rings. The third kappa shape index (κ3) is 3.92. The van der Waals surface area contributed by atoms with Gasteiger partial charge < -0.3 is 10.1 Å². The molecule has 0 bridgehead atoms. The maximum Gasteiger partial charge on any atom is 0.311 e. The standard InChI is InChI=1S/C19H17N3O3/c1-25-19-11-17(8-9-18(19)22(23)24)21-12-14-4-6-15(7-5-14)16-3-2-10-20-13-16/h2-11,13,21H,12H2,1H3. The molecule has 0 atom stereocenters. The molecule has 2 aromatic carbocycles. The molecule has 6 heteroatoms. The Bertz CT molecular complexity index is 865. The van der Waals surface area contributed by atoms with Crippen molar-refractivity contribution < 1.29 is 9.66 Å². The number of hydrogen-bond donors (Lipinski definition) is 1. The molecule has 126 valence electrons. The molecule has 0 saturated carbocycles. The van der Waals surface area contributed by atoms with Gasteiger partial charge in [-0.3, -0.25) is 15.1 Å². The number of nitro groups is 1. The van der Waals surface area contributed by atoms with Crippen LogP contribution in [0.1, 0.15) is 5.56 Å². The average Bonchev–Trinajstić information content (AvgIpc) is 2.67. The van der Waals surface area contributed by atoms with Crippen LogP contribution in [0.4, 0.5) is 11.4 Å². The van der Waals surface area contributed by atoms with Crippen LogP contribution in [-0.2, 0) is 6.54 Å². The highest BCUT2D eigenvalue weighted by Crippen LogP contribution is 2.30. The molecule has 0 aliphatic carbocycles. The molecular weight excluding hydrogens is 318 g/mol. The third-order valence-electron chi connectivity index (χ3n) is 3.82. The first-order chi connectivity index (χ1) is 12.2. The number of aromatic nitrogens is 1. The van der Waals surface area contributed by atoms with E-state index in [0.717, 1.165) is 22.4 Å². The number of methoxy groups -OCH3 is 1. The normalized spacial score (nSPS) is 10.3. The van der Waals surface area contributed by atoms with Gasteiger partial charge in [0.1, 0.15) is 0 Å². The van der Waals surface area contributed by atoms with Gasteiger partial charge in [0.25, 0.3) is 0 Å². The van der Waals surface area contributed by atoms with E-state index in [1.54, 1.807) is 18.3 Å². The van der Waals surface area contributed by atoms with Crippen LogP contribution in [0.25, 0.3) is 11.1 Å². The Balaban J connectivity index is 1.68.